The monoisotopic (exact) mass is 309 g/mol. The molecule has 0 spiro atoms. The molecule has 0 fully saturated rings. The van der Waals surface area contributed by atoms with Crippen molar-refractivity contribution in [2.45, 2.75) is 20.4 Å². The van der Waals surface area contributed by atoms with E-state index >= 15 is 0 Å². The second-order valence-electron chi connectivity index (χ2n) is 5.56. The predicted octanol–water partition coefficient (Wildman–Crippen LogP) is 3.34. The topological polar surface area (TPSA) is 59.9 Å². The molecule has 0 amide bonds. The molecule has 5 nitrogen and oxygen atoms in total. The Balaban J connectivity index is 1.96. The number of hydrogen-bond acceptors (Lipinski definition) is 3. The number of aromatic nitrogens is 3. The van der Waals surface area contributed by atoms with Gasteiger partial charge in [0.2, 0.25) is 0 Å². The third-order valence-corrected chi connectivity index (χ3v) is 3.70. The van der Waals surface area contributed by atoms with E-state index in [9.17, 15) is 4.79 Å². The lowest BCUT2D eigenvalue weighted by molar-refractivity contribution is -0.141. The molecule has 0 saturated carbocycles. The van der Waals surface area contributed by atoms with E-state index < -0.39 is 0 Å². The highest BCUT2D eigenvalue weighted by Crippen LogP contribution is 2.25. The fourth-order valence-corrected chi connectivity index (χ4v) is 2.60. The highest BCUT2D eigenvalue weighted by Gasteiger charge is 2.13. The normalized spacial score (nSPS) is 10.7. The van der Waals surface area contributed by atoms with E-state index in [2.05, 4.69) is 35.2 Å². The van der Waals surface area contributed by atoms with Crippen LogP contribution in [0.15, 0.2) is 42.5 Å². The Kier molecular flexibility index (Phi) is 4.02. The van der Waals surface area contributed by atoms with Gasteiger partial charge in [-0.25, -0.2) is 0 Å². The summed E-state index contributed by atoms with van der Waals surface area (Å²) < 4.78 is 6.39. The van der Waals surface area contributed by atoms with Gasteiger partial charge < -0.3 is 9.72 Å². The van der Waals surface area contributed by atoms with Crippen molar-refractivity contribution in [1.29, 1.82) is 0 Å². The van der Waals surface area contributed by atoms with Gasteiger partial charge in [-0.05, 0) is 43.7 Å². The van der Waals surface area contributed by atoms with E-state index in [0.29, 0.717) is 0 Å². The molecule has 0 bridgehead atoms. The van der Waals surface area contributed by atoms with Gasteiger partial charge >= 0.3 is 5.97 Å². The summed E-state index contributed by atoms with van der Waals surface area (Å²) in [6.45, 7) is 4.07. The maximum Gasteiger partial charge on any atom is 0.327 e. The summed E-state index contributed by atoms with van der Waals surface area (Å²) in [7, 11) is 1.38. The van der Waals surface area contributed by atoms with Gasteiger partial charge in [0.05, 0.1) is 24.2 Å². The number of methoxy groups -OCH3 is 1. The highest BCUT2D eigenvalue weighted by molar-refractivity contribution is 5.71. The van der Waals surface area contributed by atoms with Crippen molar-refractivity contribution < 1.29 is 9.53 Å². The molecule has 0 atom stereocenters. The summed E-state index contributed by atoms with van der Waals surface area (Å²) >= 11 is 0. The zero-order valence-electron chi connectivity index (χ0n) is 13.5. The van der Waals surface area contributed by atoms with E-state index in [0.717, 1.165) is 28.3 Å². The summed E-state index contributed by atoms with van der Waals surface area (Å²) in [4.78, 5) is 14.9. The number of benzene rings is 1. The summed E-state index contributed by atoms with van der Waals surface area (Å²) in [6, 6.07) is 14.3. The van der Waals surface area contributed by atoms with Crippen molar-refractivity contribution in [3.05, 3.63) is 53.7 Å². The number of aryl methyl sites for hydroxylation is 2. The lowest BCUT2D eigenvalue weighted by Crippen LogP contribution is -2.13. The molecule has 5 heteroatoms. The van der Waals surface area contributed by atoms with Crippen LogP contribution in [0.5, 0.6) is 0 Å². The lowest BCUT2D eigenvalue weighted by Gasteiger charge is -2.05. The average molecular weight is 309 g/mol. The molecule has 2 heterocycles. The minimum absolute atomic E-state index is 0.0957. The SMILES string of the molecule is COC(=O)Cn1nc(C)cc1-c1ccc(-c2cccc(C)c2)[nH]1. The first-order chi connectivity index (χ1) is 11.1. The Morgan fingerprint density at radius 1 is 1.17 bits per heavy atom. The number of H-pyrrole nitrogens is 1. The predicted molar refractivity (Wildman–Crippen MR) is 88.9 cm³/mol. The van der Waals surface area contributed by atoms with Crippen LogP contribution in [0.4, 0.5) is 0 Å². The van der Waals surface area contributed by atoms with Crippen LogP contribution >= 0.6 is 0 Å². The van der Waals surface area contributed by atoms with Crippen LogP contribution in [-0.4, -0.2) is 27.8 Å². The number of nitrogens with zero attached hydrogens (tertiary/aromatic N) is 2. The number of hydrogen-bond donors (Lipinski definition) is 1. The first-order valence-corrected chi connectivity index (χ1v) is 7.44. The van der Waals surface area contributed by atoms with E-state index in [-0.39, 0.29) is 12.5 Å². The van der Waals surface area contributed by atoms with Crippen LogP contribution in [0, 0.1) is 13.8 Å². The highest BCUT2D eigenvalue weighted by atomic mass is 16.5. The standard InChI is InChI=1S/C18H19N3O2/c1-12-5-4-6-14(9-12)15-7-8-16(19-15)17-10-13(2)20-21(17)11-18(22)23-3/h4-10,19H,11H2,1-3H3. The third kappa shape index (κ3) is 3.18. The molecule has 0 aliphatic rings. The van der Waals surface area contributed by atoms with E-state index in [1.807, 2.05) is 31.2 Å². The number of ether oxygens (including phenoxy) is 1. The first kappa shape index (κ1) is 15.1. The molecule has 0 saturated heterocycles. The van der Waals surface area contributed by atoms with E-state index in [4.69, 9.17) is 4.74 Å². The zero-order valence-corrected chi connectivity index (χ0v) is 13.5. The van der Waals surface area contributed by atoms with E-state index in [1.165, 1.54) is 12.7 Å². The second-order valence-corrected chi connectivity index (χ2v) is 5.56. The molecule has 0 aliphatic heterocycles. The molecule has 118 valence electrons. The molecule has 1 aromatic carbocycles. The molecule has 0 aliphatic carbocycles. The van der Waals surface area contributed by atoms with Gasteiger partial charge in [0, 0.05) is 5.69 Å². The lowest BCUT2D eigenvalue weighted by atomic mass is 10.1. The van der Waals surface area contributed by atoms with Gasteiger partial charge in [-0.1, -0.05) is 23.8 Å². The quantitative estimate of drug-likeness (QED) is 0.752. The number of esters is 1. The maximum absolute atomic E-state index is 11.5. The number of nitrogens with one attached hydrogen (secondary N) is 1. The van der Waals surface area contributed by atoms with Gasteiger partial charge in [0.1, 0.15) is 6.54 Å². The Labute approximate surface area is 134 Å². The number of carbonyl (C=O) groups is 1. The molecule has 3 aromatic rings. The fourth-order valence-electron chi connectivity index (χ4n) is 2.60. The first-order valence-electron chi connectivity index (χ1n) is 7.44. The van der Waals surface area contributed by atoms with Crippen molar-refractivity contribution in [3.8, 4) is 22.6 Å². The van der Waals surface area contributed by atoms with E-state index in [1.54, 1.807) is 4.68 Å². The second kappa shape index (κ2) is 6.12. The van der Waals surface area contributed by atoms with Gasteiger partial charge in [-0.2, -0.15) is 5.10 Å². The minimum atomic E-state index is -0.320. The molecule has 23 heavy (non-hydrogen) atoms. The van der Waals surface area contributed by atoms with Crippen LogP contribution in [0.3, 0.4) is 0 Å². The van der Waals surface area contributed by atoms with Crippen molar-refractivity contribution in [1.82, 2.24) is 14.8 Å². The number of aromatic amines is 1. The Morgan fingerprint density at radius 2 is 1.96 bits per heavy atom. The maximum atomic E-state index is 11.5. The van der Waals surface area contributed by atoms with Crippen LogP contribution in [0.1, 0.15) is 11.3 Å². The third-order valence-electron chi connectivity index (χ3n) is 3.70. The van der Waals surface area contributed by atoms with Crippen molar-refractivity contribution in [2.75, 3.05) is 7.11 Å². The van der Waals surface area contributed by atoms with Gasteiger partial charge in [0.25, 0.3) is 0 Å². The molecule has 2 aromatic heterocycles. The Bertz CT molecular complexity index is 846. The molecular weight excluding hydrogens is 290 g/mol. The summed E-state index contributed by atoms with van der Waals surface area (Å²) in [6.07, 6.45) is 0. The zero-order chi connectivity index (χ0) is 16.4. The molecule has 0 radical (unpaired) electrons. The van der Waals surface area contributed by atoms with Crippen molar-refractivity contribution in [3.63, 3.8) is 0 Å². The van der Waals surface area contributed by atoms with Crippen LogP contribution in [0.2, 0.25) is 0 Å². The summed E-state index contributed by atoms with van der Waals surface area (Å²) in [5.74, 6) is -0.320. The largest absolute Gasteiger partial charge is 0.468 e. The van der Waals surface area contributed by atoms with Crippen LogP contribution < -0.4 is 0 Å². The average Bonchev–Trinajstić information content (AvgIpc) is 3.14. The minimum Gasteiger partial charge on any atom is -0.468 e. The smallest absolute Gasteiger partial charge is 0.327 e. The summed E-state index contributed by atoms with van der Waals surface area (Å²) in [5, 5.41) is 4.37. The van der Waals surface area contributed by atoms with Crippen molar-refractivity contribution in [2.24, 2.45) is 0 Å². The molecule has 3 rings (SSSR count). The number of rotatable bonds is 4. The van der Waals surface area contributed by atoms with Gasteiger partial charge in [-0.3, -0.25) is 9.48 Å². The van der Waals surface area contributed by atoms with Gasteiger partial charge in [-0.15, -0.1) is 0 Å². The van der Waals surface area contributed by atoms with Gasteiger partial charge in [0.15, 0.2) is 0 Å². The Morgan fingerprint density at radius 3 is 2.70 bits per heavy atom. The van der Waals surface area contributed by atoms with Crippen molar-refractivity contribution >= 4 is 5.97 Å². The molecule has 0 unspecified atom stereocenters. The number of carbonyl (C=O) groups excluding carboxylic acids is 1. The molecule has 1 N–H and O–H groups in total. The fraction of sp³-hybridized carbons (Fsp3) is 0.222. The molecular formula is C18H19N3O2. The summed E-state index contributed by atoms with van der Waals surface area (Å²) in [5.41, 5.74) is 6.03. The van der Waals surface area contributed by atoms with Crippen LogP contribution in [-0.2, 0) is 16.1 Å². The van der Waals surface area contributed by atoms with Crippen LogP contribution in [0.25, 0.3) is 22.6 Å². The Hall–Kier alpha value is -2.82.